The van der Waals surface area contributed by atoms with Crippen molar-refractivity contribution in [3.8, 4) is 0 Å². The summed E-state index contributed by atoms with van der Waals surface area (Å²) in [6.45, 7) is -0.0307. The molecule has 1 saturated carbocycles. The van der Waals surface area contributed by atoms with Gasteiger partial charge in [-0.15, -0.1) is 11.3 Å². The highest BCUT2D eigenvalue weighted by molar-refractivity contribution is 7.89. The Morgan fingerprint density at radius 3 is 2.86 bits per heavy atom. The first-order chi connectivity index (χ1) is 9.92. The van der Waals surface area contributed by atoms with Crippen molar-refractivity contribution < 1.29 is 13.5 Å². The van der Waals surface area contributed by atoms with Crippen LogP contribution in [0.15, 0.2) is 35.1 Å². The molecule has 1 aliphatic rings. The van der Waals surface area contributed by atoms with E-state index >= 15 is 0 Å². The molecule has 1 aliphatic carbocycles. The lowest BCUT2D eigenvalue weighted by molar-refractivity contribution is 0.0222. The maximum atomic E-state index is 12.2. The summed E-state index contributed by atoms with van der Waals surface area (Å²) in [6.07, 6.45) is 4.70. The number of nitrogens with zero attached hydrogens (tertiary/aromatic N) is 2. The first-order valence-corrected chi connectivity index (χ1v) is 9.02. The van der Waals surface area contributed by atoms with E-state index in [1.807, 2.05) is 17.5 Å². The number of hydrogen-bond acceptors (Lipinski definition) is 5. The minimum atomic E-state index is -3.71. The van der Waals surface area contributed by atoms with Gasteiger partial charge < -0.3 is 9.67 Å². The summed E-state index contributed by atoms with van der Waals surface area (Å²) >= 11 is 1.44. The number of aryl methyl sites for hydroxylation is 1. The van der Waals surface area contributed by atoms with E-state index in [-0.39, 0.29) is 17.5 Å². The van der Waals surface area contributed by atoms with Crippen molar-refractivity contribution in [2.45, 2.75) is 23.5 Å². The molecule has 114 valence electrons. The van der Waals surface area contributed by atoms with Crippen molar-refractivity contribution in [1.29, 1.82) is 0 Å². The number of rotatable bonds is 6. The van der Waals surface area contributed by atoms with Gasteiger partial charge in [-0.2, -0.15) is 0 Å². The van der Waals surface area contributed by atoms with E-state index in [9.17, 15) is 13.5 Å². The molecule has 1 atom stereocenters. The van der Waals surface area contributed by atoms with Crippen LogP contribution in [0.2, 0.25) is 0 Å². The summed E-state index contributed by atoms with van der Waals surface area (Å²) in [5, 5.41) is 12.7. The normalized spacial score (nSPS) is 18.6. The molecular weight excluding hydrogens is 310 g/mol. The number of aliphatic hydroxyl groups is 1. The van der Waals surface area contributed by atoms with E-state index in [0.29, 0.717) is 0 Å². The highest BCUT2D eigenvalue weighted by Crippen LogP contribution is 2.46. The standard InChI is InChI=1S/C13H17N3O3S2/c1-16-7-12(14-9-16)21(18,19)15-8-13(17,10-4-5-10)11-3-2-6-20-11/h2-3,6-7,9-10,15,17H,4-5,8H2,1H3/t13-/m1/s1. The average molecular weight is 327 g/mol. The van der Waals surface area contributed by atoms with Crippen LogP contribution in [-0.4, -0.2) is 29.6 Å². The predicted octanol–water partition coefficient (Wildman–Crippen LogP) is 1.06. The molecule has 0 amide bonds. The molecule has 0 spiro atoms. The van der Waals surface area contributed by atoms with Gasteiger partial charge in [-0.1, -0.05) is 6.07 Å². The van der Waals surface area contributed by atoms with Crippen LogP contribution in [0.4, 0.5) is 0 Å². The Labute approximate surface area is 127 Å². The summed E-state index contributed by atoms with van der Waals surface area (Å²) in [5.74, 6) is 0.114. The fraction of sp³-hybridized carbons (Fsp3) is 0.462. The monoisotopic (exact) mass is 327 g/mol. The molecule has 0 aromatic carbocycles. The second-order valence-corrected chi connectivity index (χ2v) is 8.04. The number of nitrogens with one attached hydrogen (secondary N) is 1. The van der Waals surface area contributed by atoms with Gasteiger partial charge in [-0.25, -0.2) is 18.1 Å². The zero-order chi connectivity index (χ0) is 15.1. The SMILES string of the molecule is Cn1cnc(S(=O)(=O)NC[C@](O)(c2cccs2)C2CC2)c1. The lowest BCUT2D eigenvalue weighted by Crippen LogP contribution is -2.42. The van der Waals surface area contributed by atoms with E-state index in [4.69, 9.17) is 0 Å². The molecule has 0 bridgehead atoms. The fourth-order valence-electron chi connectivity index (χ4n) is 2.33. The lowest BCUT2D eigenvalue weighted by Gasteiger charge is -2.27. The Hall–Kier alpha value is -1.22. The van der Waals surface area contributed by atoms with Crippen molar-refractivity contribution in [1.82, 2.24) is 14.3 Å². The maximum Gasteiger partial charge on any atom is 0.259 e. The van der Waals surface area contributed by atoms with Crippen LogP contribution in [0.25, 0.3) is 0 Å². The Kier molecular flexibility index (Phi) is 3.64. The van der Waals surface area contributed by atoms with Gasteiger partial charge in [0.2, 0.25) is 0 Å². The molecule has 8 heteroatoms. The van der Waals surface area contributed by atoms with Crippen molar-refractivity contribution in [2.75, 3.05) is 6.54 Å². The van der Waals surface area contributed by atoms with Gasteiger partial charge in [-0.3, -0.25) is 0 Å². The van der Waals surface area contributed by atoms with E-state index in [0.717, 1.165) is 17.7 Å². The largest absolute Gasteiger partial charge is 0.383 e. The van der Waals surface area contributed by atoms with Gasteiger partial charge in [0, 0.05) is 24.7 Å². The second-order valence-electron chi connectivity index (χ2n) is 5.38. The molecule has 6 nitrogen and oxygen atoms in total. The van der Waals surface area contributed by atoms with Crippen LogP contribution >= 0.6 is 11.3 Å². The third-order valence-electron chi connectivity index (χ3n) is 3.69. The molecule has 0 radical (unpaired) electrons. The molecule has 2 heterocycles. The summed E-state index contributed by atoms with van der Waals surface area (Å²) in [5.41, 5.74) is -1.13. The number of imidazole rings is 1. The Morgan fingerprint density at radius 1 is 1.57 bits per heavy atom. The fourth-order valence-corrected chi connectivity index (χ4v) is 4.28. The van der Waals surface area contributed by atoms with Crippen LogP contribution in [0.1, 0.15) is 17.7 Å². The quantitative estimate of drug-likeness (QED) is 0.831. The average Bonchev–Trinajstić information content (AvgIpc) is 2.97. The zero-order valence-electron chi connectivity index (χ0n) is 11.6. The minimum absolute atomic E-state index is 0.0307. The molecule has 2 N–H and O–H groups in total. The second kappa shape index (κ2) is 5.20. The Bertz CT molecular complexity index is 720. The lowest BCUT2D eigenvalue weighted by atomic mass is 9.96. The van der Waals surface area contributed by atoms with Gasteiger partial charge in [0.05, 0.1) is 6.33 Å². The Morgan fingerprint density at radius 2 is 2.33 bits per heavy atom. The molecule has 2 aromatic rings. The summed E-state index contributed by atoms with van der Waals surface area (Å²) in [7, 11) is -2.00. The third-order valence-corrected chi connectivity index (χ3v) is 6.01. The van der Waals surface area contributed by atoms with Crippen LogP contribution in [0.5, 0.6) is 0 Å². The molecule has 0 aliphatic heterocycles. The van der Waals surface area contributed by atoms with Crippen molar-refractivity contribution in [3.05, 3.63) is 34.9 Å². The van der Waals surface area contributed by atoms with Crippen molar-refractivity contribution >= 4 is 21.4 Å². The molecule has 21 heavy (non-hydrogen) atoms. The van der Waals surface area contributed by atoms with Crippen LogP contribution in [0.3, 0.4) is 0 Å². The van der Waals surface area contributed by atoms with Gasteiger partial charge in [0.1, 0.15) is 5.60 Å². The Balaban J connectivity index is 1.79. The molecular formula is C13H17N3O3S2. The molecule has 0 saturated heterocycles. The van der Waals surface area contributed by atoms with Gasteiger partial charge in [0.25, 0.3) is 10.0 Å². The van der Waals surface area contributed by atoms with E-state index in [2.05, 4.69) is 9.71 Å². The highest BCUT2D eigenvalue weighted by atomic mass is 32.2. The van der Waals surface area contributed by atoms with Crippen LogP contribution < -0.4 is 4.72 Å². The summed E-state index contributed by atoms with van der Waals surface area (Å²) in [6, 6.07) is 3.71. The molecule has 3 rings (SSSR count). The van der Waals surface area contributed by atoms with Crippen LogP contribution in [-0.2, 0) is 22.7 Å². The van der Waals surface area contributed by atoms with Gasteiger partial charge in [0.15, 0.2) is 5.03 Å². The molecule has 2 aromatic heterocycles. The number of sulfonamides is 1. The molecule has 1 fully saturated rings. The highest BCUT2D eigenvalue weighted by Gasteiger charge is 2.46. The first kappa shape index (κ1) is 14.7. The first-order valence-electron chi connectivity index (χ1n) is 6.66. The zero-order valence-corrected chi connectivity index (χ0v) is 13.2. The number of aromatic nitrogens is 2. The van der Waals surface area contributed by atoms with E-state index in [1.54, 1.807) is 11.6 Å². The summed E-state index contributed by atoms with van der Waals surface area (Å²) < 4.78 is 28.5. The maximum absolute atomic E-state index is 12.2. The number of thiophene rings is 1. The predicted molar refractivity (Wildman–Crippen MR) is 79.3 cm³/mol. The smallest absolute Gasteiger partial charge is 0.259 e. The van der Waals surface area contributed by atoms with E-state index in [1.165, 1.54) is 23.9 Å². The third kappa shape index (κ3) is 2.89. The summed E-state index contributed by atoms with van der Waals surface area (Å²) in [4.78, 5) is 4.64. The molecule has 0 unspecified atom stereocenters. The topological polar surface area (TPSA) is 84.2 Å². The van der Waals surface area contributed by atoms with Crippen molar-refractivity contribution in [2.24, 2.45) is 13.0 Å². The minimum Gasteiger partial charge on any atom is -0.383 e. The van der Waals surface area contributed by atoms with E-state index < -0.39 is 15.6 Å². The number of hydrogen-bond donors (Lipinski definition) is 2. The van der Waals surface area contributed by atoms with Gasteiger partial charge in [-0.05, 0) is 30.2 Å². The van der Waals surface area contributed by atoms with Crippen molar-refractivity contribution in [3.63, 3.8) is 0 Å². The van der Waals surface area contributed by atoms with Gasteiger partial charge >= 0.3 is 0 Å². The van der Waals surface area contributed by atoms with Crippen LogP contribution in [0, 0.1) is 5.92 Å².